The Morgan fingerprint density at radius 3 is 2.57 bits per heavy atom. The molecule has 0 bridgehead atoms. The standard InChI is InChI=1S/C12H18N4O4S/c1-7(2)6-9-15-16-12(21-9)14-11(20)13-8(17)4-3-5-10(18)19/h7H,3-6H2,1-2H3,(H,18,19)(H2,13,14,16,17,20). The molecular formula is C12H18N4O4S. The molecular weight excluding hydrogens is 296 g/mol. The highest BCUT2D eigenvalue weighted by atomic mass is 32.1. The number of nitrogens with one attached hydrogen (secondary N) is 2. The maximum Gasteiger partial charge on any atom is 0.327 e. The van der Waals surface area contributed by atoms with Gasteiger partial charge in [-0.15, -0.1) is 10.2 Å². The summed E-state index contributed by atoms with van der Waals surface area (Å²) in [6.45, 7) is 4.11. The molecule has 1 aromatic heterocycles. The third-order valence-corrected chi connectivity index (χ3v) is 3.18. The first-order valence-corrected chi connectivity index (χ1v) is 7.33. The van der Waals surface area contributed by atoms with E-state index >= 15 is 0 Å². The van der Waals surface area contributed by atoms with E-state index in [4.69, 9.17) is 5.11 Å². The summed E-state index contributed by atoms with van der Waals surface area (Å²) in [6.07, 6.45) is 0.833. The quantitative estimate of drug-likeness (QED) is 0.703. The van der Waals surface area contributed by atoms with Crippen LogP contribution in [0.1, 0.15) is 38.1 Å². The summed E-state index contributed by atoms with van der Waals surface area (Å²) in [5.41, 5.74) is 0. The maximum absolute atomic E-state index is 11.5. The topological polar surface area (TPSA) is 121 Å². The number of nitrogens with zero attached hydrogens (tertiary/aromatic N) is 2. The van der Waals surface area contributed by atoms with Crippen molar-refractivity contribution < 1.29 is 19.5 Å². The first-order chi connectivity index (χ1) is 9.86. The van der Waals surface area contributed by atoms with Crippen molar-refractivity contribution in [2.75, 3.05) is 5.32 Å². The molecule has 0 unspecified atom stereocenters. The van der Waals surface area contributed by atoms with Crippen LogP contribution in [0.2, 0.25) is 0 Å². The number of carbonyl (C=O) groups is 3. The molecule has 0 aliphatic heterocycles. The van der Waals surface area contributed by atoms with E-state index in [-0.39, 0.29) is 19.3 Å². The Labute approximate surface area is 126 Å². The summed E-state index contributed by atoms with van der Waals surface area (Å²) in [4.78, 5) is 33.2. The van der Waals surface area contributed by atoms with Crippen LogP contribution in [0.4, 0.5) is 9.93 Å². The molecule has 21 heavy (non-hydrogen) atoms. The first kappa shape index (κ1) is 17.0. The number of hydrogen-bond donors (Lipinski definition) is 3. The van der Waals surface area contributed by atoms with Gasteiger partial charge < -0.3 is 5.11 Å². The van der Waals surface area contributed by atoms with E-state index in [1.165, 1.54) is 11.3 Å². The smallest absolute Gasteiger partial charge is 0.327 e. The van der Waals surface area contributed by atoms with Crippen LogP contribution in [0.25, 0.3) is 0 Å². The number of hydrogen-bond acceptors (Lipinski definition) is 6. The molecule has 8 nitrogen and oxygen atoms in total. The highest BCUT2D eigenvalue weighted by Crippen LogP contribution is 2.17. The van der Waals surface area contributed by atoms with E-state index in [0.717, 1.165) is 11.4 Å². The summed E-state index contributed by atoms with van der Waals surface area (Å²) in [6, 6.07) is -0.692. The van der Waals surface area contributed by atoms with Gasteiger partial charge in [-0.1, -0.05) is 25.2 Å². The van der Waals surface area contributed by atoms with E-state index in [9.17, 15) is 14.4 Å². The zero-order chi connectivity index (χ0) is 15.8. The fraction of sp³-hybridized carbons (Fsp3) is 0.583. The third kappa shape index (κ3) is 7.35. The van der Waals surface area contributed by atoms with E-state index in [0.29, 0.717) is 11.0 Å². The van der Waals surface area contributed by atoms with Gasteiger partial charge in [0.1, 0.15) is 5.01 Å². The zero-order valence-electron chi connectivity index (χ0n) is 11.9. The summed E-state index contributed by atoms with van der Waals surface area (Å²) in [5, 5.41) is 21.9. The Bertz CT molecular complexity index is 515. The molecule has 0 saturated carbocycles. The molecule has 0 fully saturated rings. The molecule has 0 aromatic carbocycles. The number of carboxylic acids is 1. The molecule has 9 heteroatoms. The fourth-order valence-electron chi connectivity index (χ4n) is 1.45. The number of anilines is 1. The average Bonchev–Trinajstić information content (AvgIpc) is 2.74. The molecule has 0 atom stereocenters. The second-order valence-electron chi connectivity index (χ2n) is 4.85. The molecule has 1 rings (SSSR count). The lowest BCUT2D eigenvalue weighted by Crippen LogP contribution is -2.34. The lowest BCUT2D eigenvalue weighted by Gasteiger charge is -2.03. The van der Waals surface area contributed by atoms with Crippen LogP contribution in [0.3, 0.4) is 0 Å². The van der Waals surface area contributed by atoms with Gasteiger partial charge in [-0.2, -0.15) is 0 Å². The summed E-state index contributed by atoms with van der Waals surface area (Å²) in [5.74, 6) is -1.06. The molecule has 0 aliphatic carbocycles. The average molecular weight is 314 g/mol. The monoisotopic (exact) mass is 314 g/mol. The lowest BCUT2D eigenvalue weighted by atomic mass is 10.1. The van der Waals surface area contributed by atoms with Crippen LogP contribution >= 0.6 is 11.3 Å². The first-order valence-electron chi connectivity index (χ1n) is 6.52. The summed E-state index contributed by atoms with van der Waals surface area (Å²) >= 11 is 1.26. The van der Waals surface area contributed by atoms with Gasteiger partial charge in [-0.05, 0) is 12.3 Å². The summed E-state index contributed by atoms with van der Waals surface area (Å²) in [7, 11) is 0. The number of amides is 3. The number of carbonyl (C=O) groups excluding carboxylic acids is 2. The second-order valence-corrected chi connectivity index (χ2v) is 5.91. The van der Waals surface area contributed by atoms with Crippen molar-refractivity contribution in [1.29, 1.82) is 0 Å². The molecule has 116 valence electrons. The van der Waals surface area contributed by atoms with Crippen molar-refractivity contribution in [2.45, 2.75) is 39.5 Å². The highest BCUT2D eigenvalue weighted by Gasteiger charge is 2.12. The van der Waals surface area contributed by atoms with Gasteiger partial charge in [-0.3, -0.25) is 20.2 Å². The van der Waals surface area contributed by atoms with Crippen LogP contribution in [-0.4, -0.2) is 33.2 Å². The van der Waals surface area contributed by atoms with Crippen LogP contribution in [0.15, 0.2) is 0 Å². The van der Waals surface area contributed by atoms with E-state index in [2.05, 4.69) is 34.7 Å². The Balaban J connectivity index is 2.34. The maximum atomic E-state index is 11.5. The Morgan fingerprint density at radius 2 is 1.95 bits per heavy atom. The van der Waals surface area contributed by atoms with Gasteiger partial charge in [0.05, 0.1) is 0 Å². The molecule has 0 spiro atoms. The Hall–Kier alpha value is -2.03. The number of urea groups is 1. The zero-order valence-corrected chi connectivity index (χ0v) is 12.7. The van der Waals surface area contributed by atoms with E-state index in [1.54, 1.807) is 0 Å². The number of rotatable bonds is 7. The number of carboxylic acid groups (broad SMARTS) is 1. The summed E-state index contributed by atoms with van der Waals surface area (Å²) < 4.78 is 0. The third-order valence-electron chi connectivity index (χ3n) is 2.32. The van der Waals surface area contributed by atoms with Gasteiger partial charge in [0.25, 0.3) is 0 Å². The number of aliphatic carboxylic acids is 1. The minimum absolute atomic E-state index is 0.0194. The van der Waals surface area contributed by atoms with Gasteiger partial charge in [0, 0.05) is 19.3 Å². The van der Waals surface area contributed by atoms with Crippen LogP contribution in [0, 0.1) is 5.92 Å². The number of aromatic nitrogens is 2. The second kappa shape index (κ2) is 8.30. The molecule has 1 aromatic rings. The van der Waals surface area contributed by atoms with Crippen molar-refractivity contribution in [3.8, 4) is 0 Å². The predicted molar refractivity (Wildman–Crippen MR) is 77.1 cm³/mol. The fourth-order valence-corrected chi connectivity index (χ4v) is 2.40. The largest absolute Gasteiger partial charge is 0.481 e. The molecule has 0 radical (unpaired) electrons. The van der Waals surface area contributed by atoms with Crippen LogP contribution in [0.5, 0.6) is 0 Å². The van der Waals surface area contributed by atoms with Gasteiger partial charge in [0.2, 0.25) is 11.0 Å². The minimum Gasteiger partial charge on any atom is -0.481 e. The SMILES string of the molecule is CC(C)Cc1nnc(NC(=O)NC(=O)CCCC(=O)O)s1. The lowest BCUT2D eigenvalue weighted by molar-refractivity contribution is -0.137. The molecule has 3 N–H and O–H groups in total. The predicted octanol–water partition coefficient (Wildman–Crippen LogP) is 1.64. The normalized spacial score (nSPS) is 10.4. The van der Waals surface area contributed by atoms with Gasteiger partial charge in [0.15, 0.2) is 0 Å². The van der Waals surface area contributed by atoms with Crippen LogP contribution < -0.4 is 10.6 Å². The number of imide groups is 1. The van der Waals surface area contributed by atoms with Gasteiger partial charge in [-0.25, -0.2) is 4.79 Å². The van der Waals surface area contributed by atoms with Crippen molar-refractivity contribution in [2.24, 2.45) is 5.92 Å². The van der Waals surface area contributed by atoms with E-state index < -0.39 is 17.9 Å². The highest BCUT2D eigenvalue weighted by molar-refractivity contribution is 7.15. The molecule has 0 saturated heterocycles. The van der Waals surface area contributed by atoms with Crippen molar-refractivity contribution in [3.05, 3.63) is 5.01 Å². The van der Waals surface area contributed by atoms with Crippen LogP contribution in [-0.2, 0) is 16.0 Å². The van der Waals surface area contributed by atoms with E-state index in [1.807, 2.05) is 0 Å². The van der Waals surface area contributed by atoms with Crippen molar-refractivity contribution in [3.63, 3.8) is 0 Å². The Morgan fingerprint density at radius 1 is 1.24 bits per heavy atom. The van der Waals surface area contributed by atoms with Gasteiger partial charge >= 0.3 is 12.0 Å². The molecule has 1 heterocycles. The Kier molecular flexibility index (Phi) is 6.73. The molecule has 0 aliphatic rings. The molecule has 3 amide bonds. The van der Waals surface area contributed by atoms with Crippen molar-refractivity contribution in [1.82, 2.24) is 15.5 Å². The van der Waals surface area contributed by atoms with Crippen molar-refractivity contribution >= 4 is 34.4 Å². The minimum atomic E-state index is -0.973.